The lowest BCUT2D eigenvalue weighted by molar-refractivity contribution is 0.289. The molecule has 2 rings (SSSR count). The fraction of sp³-hybridized carbons (Fsp3) is 0.714. The first-order valence-electron chi connectivity index (χ1n) is 7.18. The van der Waals surface area contributed by atoms with E-state index < -0.39 is 0 Å². The lowest BCUT2D eigenvalue weighted by Crippen LogP contribution is -2.32. The predicted octanol–water partition coefficient (Wildman–Crippen LogP) is 1.95. The largest absolute Gasteiger partial charge is 0.475 e. The molecule has 0 radical (unpaired) electrons. The van der Waals surface area contributed by atoms with Gasteiger partial charge in [0, 0.05) is 26.2 Å². The second kappa shape index (κ2) is 6.59. The van der Waals surface area contributed by atoms with Gasteiger partial charge in [-0.05, 0) is 25.7 Å². The van der Waals surface area contributed by atoms with Gasteiger partial charge in [0.15, 0.2) is 0 Å². The summed E-state index contributed by atoms with van der Waals surface area (Å²) >= 11 is 0. The van der Waals surface area contributed by atoms with Crippen molar-refractivity contribution in [3.8, 4) is 5.88 Å². The highest BCUT2D eigenvalue weighted by Crippen LogP contribution is 2.26. The fourth-order valence-corrected chi connectivity index (χ4v) is 2.29. The minimum Gasteiger partial charge on any atom is -0.475 e. The van der Waals surface area contributed by atoms with E-state index in [1.54, 1.807) is 13.1 Å². The van der Waals surface area contributed by atoms with Gasteiger partial charge in [0.2, 0.25) is 0 Å². The molecule has 19 heavy (non-hydrogen) atoms. The van der Waals surface area contributed by atoms with E-state index in [1.165, 1.54) is 23.9 Å². The van der Waals surface area contributed by atoms with Crippen molar-refractivity contribution in [2.24, 2.45) is 7.05 Å². The number of piperidine rings is 1. The molecule has 0 aromatic carbocycles. The van der Waals surface area contributed by atoms with Crippen molar-refractivity contribution in [1.29, 1.82) is 0 Å². The van der Waals surface area contributed by atoms with E-state index in [2.05, 4.69) is 16.9 Å². The van der Waals surface area contributed by atoms with Crippen molar-refractivity contribution in [2.75, 3.05) is 24.6 Å². The van der Waals surface area contributed by atoms with Crippen LogP contribution in [-0.2, 0) is 7.05 Å². The molecule has 106 valence electrons. The zero-order valence-corrected chi connectivity index (χ0v) is 11.9. The molecule has 1 aliphatic heterocycles. The second-order valence-electron chi connectivity index (χ2n) is 5.05. The molecule has 5 heteroatoms. The molecular formula is C14H23N3O2. The molecule has 2 heterocycles. The monoisotopic (exact) mass is 265 g/mol. The van der Waals surface area contributed by atoms with Crippen LogP contribution in [0, 0.1) is 0 Å². The number of aryl methyl sites for hydroxylation is 1. The Morgan fingerprint density at radius 2 is 2.05 bits per heavy atom. The van der Waals surface area contributed by atoms with Crippen LogP contribution in [0.4, 0.5) is 5.69 Å². The molecule has 0 spiro atoms. The normalized spacial score (nSPS) is 15.6. The van der Waals surface area contributed by atoms with Gasteiger partial charge in [-0.2, -0.15) is 0 Å². The van der Waals surface area contributed by atoms with Crippen LogP contribution >= 0.6 is 0 Å². The third kappa shape index (κ3) is 3.49. The SMILES string of the molecule is CCCCOc1nn(C)c(=O)cc1N1CCCCC1. The summed E-state index contributed by atoms with van der Waals surface area (Å²) in [6, 6.07) is 1.65. The van der Waals surface area contributed by atoms with Crippen molar-refractivity contribution in [3.63, 3.8) is 0 Å². The van der Waals surface area contributed by atoms with Crippen molar-refractivity contribution in [1.82, 2.24) is 9.78 Å². The summed E-state index contributed by atoms with van der Waals surface area (Å²) in [6.45, 7) is 4.75. The molecule has 1 aromatic rings. The molecule has 0 bridgehead atoms. The van der Waals surface area contributed by atoms with Gasteiger partial charge in [-0.15, -0.1) is 5.10 Å². The van der Waals surface area contributed by atoms with Gasteiger partial charge in [-0.1, -0.05) is 13.3 Å². The first-order chi connectivity index (χ1) is 9.22. The molecule has 5 nitrogen and oxygen atoms in total. The smallest absolute Gasteiger partial charge is 0.268 e. The second-order valence-corrected chi connectivity index (χ2v) is 5.05. The fourth-order valence-electron chi connectivity index (χ4n) is 2.29. The number of rotatable bonds is 5. The Hall–Kier alpha value is -1.52. The van der Waals surface area contributed by atoms with Crippen LogP contribution < -0.4 is 15.2 Å². The van der Waals surface area contributed by atoms with Crippen LogP contribution in [0.15, 0.2) is 10.9 Å². The molecule has 0 unspecified atom stereocenters. The Bertz CT molecular complexity index is 464. The van der Waals surface area contributed by atoms with E-state index in [0.717, 1.165) is 31.6 Å². The number of hydrogen-bond donors (Lipinski definition) is 0. The van der Waals surface area contributed by atoms with E-state index in [1.807, 2.05) is 0 Å². The molecule has 0 N–H and O–H groups in total. The molecule has 1 saturated heterocycles. The van der Waals surface area contributed by atoms with E-state index in [-0.39, 0.29) is 5.56 Å². The van der Waals surface area contributed by atoms with Crippen LogP contribution in [0.3, 0.4) is 0 Å². The number of nitrogens with zero attached hydrogens (tertiary/aromatic N) is 3. The van der Waals surface area contributed by atoms with Gasteiger partial charge in [-0.3, -0.25) is 4.79 Å². The van der Waals surface area contributed by atoms with Crippen molar-refractivity contribution >= 4 is 5.69 Å². The molecule has 0 aliphatic carbocycles. The minimum absolute atomic E-state index is 0.0802. The summed E-state index contributed by atoms with van der Waals surface area (Å²) < 4.78 is 7.10. The number of anilines is 1. The summed E-state index contributed by atoms with van der Waals surface area (Å²) in [7, 11) is 1.66. The standard InChI is InChI=1S/C14H23N3O2/c1-3-4-10-19-14-12(11-13(18)16(2)15-14)17-8-6-5-7-9-17/h11H,3-10H2,1-2H3. The quantitative estimate of drug-likeness (QED) is 0.763. The summed E-state index contributed by atoms with van der Waals surface area (Å²) in [5, 5.41) is 4.26. The summed E-state index contributed by atoms with van der Waals surface area (Å²) in [5.41, 5.74) is 0.780. The maximum atomic E-state index is 11.8. The highest BCUT2D eigenvalue weighted by molar-refractivity contribution is 5.54. The highest BCUT2D eigenvalue weighted by atomic mass is 16.5. The maximum Gasteiger partial charge on any atom is 0.268 e. The van der Waals surface area contributed by atoms with Gasteiger partial charge in [0.05, 0.1) is 6.61 Å². The molecule has 1 aromatic heterocycles. The van der Waals surface area contributed by atoms with Gasteiger partial charge in [0.1, 0.15) is 5.69 Å². The lowest BCUT2D eigenvalue weighted by Gasteiger charge is -2.29. The predicted molar refractivity (Wildman–Crippen MR) is 75.9 cm³/mol. The first-order valence-corrected chi connectivity index (χ1v) is 7.18. The van der Waals surface area contributed by atoms with Crippen LogP contribution in [0.5, 0.6) is 5.88 Å². The van der Waals surface area contributed by atoms with Gasteiger partial charge in [0.25, 0.3) is 11.4 Å². The number of hydrogen-bond acceptors (Lipinski definition) is 4. The highest BCUT2D eigenvalue weighted by Gasteiger charge is 2.18. The zero-order valence-electron chi connectivity index (χ0n) is 11.9. The lowest BCUT2D eigenvalue weighted by atomic mass is 10.1. The summed E-state index contributed by atoms with van der Waals surface area (Å²) in [5.74, 6) is 0.595. The van der Waals surface area contributed by atoms with Crippen LogP contribution in [0.2, 0.25) is 0 Å². The maximum absolute atomic E-state index is 11.8. The van der Waals surface area contributed by atoms with E-state index in [4.69, 9.17) is 4.74 Å². The van der Waals surface area contributed by atoms with E-state index in [0.29, 0.717) is 12.5 Å². The van der Waals surface area contributed by atoms with Crippen LogP contribution in [0.1, 0.15) is 39.0 Å². The third-order valence-corrected chi connectivity index (χ3v) is 3.47. The van der Waals surface area contributed by atoms with Crippen molar-refractivity contribution in [2.45, 2.75) is 39.0 Å². The Morgan fingerprint density at radius 1 is 1.32 bits per heavy atom. The number of unbranched alkanes of at least 4 members (excludes halogenated alkanes) is 1. The Labute approximate surface area is 114 Å². The Morgan fingerprint density at radius 3 is 2.74 bits per heavy atom. The van der Waals surface area contributed by atoms with Crippen molar-refractivity contribution < 1.29 is 4.74 Å². The summed E-state index contributed by atoms with van der Waals surface area (Å²) in [4.78, 5) is 14.0. The third-order valence-electron chi connectivity index (χ3n) is 3.47. The number of aromatic nitrogens is 2. The Balaban J connectivity index is 2.22. The first kappa shape index (κ1) is 13.9. The molecule has 0 atom stereocenters. The van der Waals surface area contributed by atoms with Crippen LogP contribution in [0.25, 0.3) is 0 Å². The van der Waals surface area contributed by atoms with Gasteiger partial charge >= 0.3 is 0 Å². The van der Waals surface area contributed by atoms with E-state index >= 15 is 0 Å². The molecule has 1 fully saturated rings. The summed E-state index contributed by atoms with van der Waals surface area (Å²) in [6.07, 6.45) is 5.70. The molecule has 0 amide bonds. The molecular weight excluding hydrogens is 242 g/mol. The van der Waals surface area contributed by atoms with Gasteiger partial charge < -0.3 is 9.64 Å². The topological polar surface area (TPSA) is 47.4 Å². The average Bonchev–Trinajstić information content (AvgIpc) is 2.43. The van der Waals surface area contributed by atoms with Gasteiger partial charge in [-0.25, -0.2) is 4.68 Å². The number of ether oxygens (including phenoxy) is 1. The molecule has 1 aliphatic rings. The zero-order chi connectivity index (χ0) is 13.7. The van der Waals surface area contributed by atoms with Crippen molar-refractivity contribution in [3.05, 3.63) is 16.4 Å². The average molecular weight is 265 g/mol. The molecule has 0 saturated carbocycles. The Kier molecular flexibility index (Phi) is 4.82. The van der Waals surface area contributed by atoms with Crippen LogP contribution in [-0.4, -0.2) is 29.5 Å². The minimum atomic E-state index is -0.0802. The van der Waals surface area contributed by atoms with E-state index in [9.17, 15) is 4.79 Å².